The average molecular weight is 389 g/mol. The van der Waals surface area contributed by atoms with E-state index < -0.39 is 0 Å². The fourth-order valence-electron chi connectivity index (χ4n) is 3.04. The Morgan fingerprint density at radius 3 is 2.26 bits per heavy atom. The number of anilines is 1. The van der Waals surface area contributed by atoms with E-state index in [4.69, 9.17) is 0 Å². The lowest BCUT2D eigenvalue weighted by molar-refractivity contribution is 0.199. The van der Waals surface area contributed by atoms with Gasteiger partial charge in [-0.1, -0.05) is 64.6 Å². The smallest absolute Gasteiger partial charge is 0.0377 e. The Hall–Kier alpha value is -0.0200. The molecule has 0 saturated carbocycles. The zero-order valence-electron chi connectivity index (χ0n) is 11.9. The van der Waals surface area contributed by atoms with Crippen LogP contribution in [0.1, 0.15) is 45.1 Å². The van der Waals surface area contributed by atoms with E-state index in [1.807, 2.05) is 0 Å². The molecule has 1 fully saturated rings. The lowest BCUT2D eigenvalue weighted by atomic mass is 9.74. The minimum atomic E-state index is 0.601. The molecule has 0 unspecified atom stereocenters. The maximum Gasteiger partial charge on any atom is 0.0377 e. The van der Waals surface area contributed by atoms with Crippen molar-refractivity contribution in [3.05, 3.63) is 28.2 Å². The van der Waals surface area contributed by atoms with Crippen LogP contribution in [0, 0.1) is 5.41 Å². The summed E-state index contributed by atoms with van der Waals surface area (Å²) in [4.78, 5) is 2.53. The first kappa shape index (κ1) is 15.4. The zero-order chi connectivity index (χ0) is 13.9. The van der Waals surface area contributed by atoms with Crippen LogP contribution in [0.4, 0.5) is 5.69 Å². The second-order valence-corrected chi connectivity index (χ2v) is 7.02. The van der Waals surface area contributed by atoms with Crippen LogP contribution in [-0.2, 0) is 5.33 Å². The van der Waals surface area contributed by atoms with Gasteiger partial charge in [0.2, 0.25) is 0 Å². The van der Waals surface area contributed by atoms with E-state index in [0.29, 0.717) is 5.41 Å². The van der Waals surface area contributed by atoms with Gasteiger partial charge in [-0.3, -0.25) is 0 Å². The maximum absolute atomic E-state index is 3.67. The molecule has 1 aromatic carbocycles. The molecule has 0 atom stereocenters. The van der Waals surface area contributed by atoms with Crippen molar-refractivity contribution in [3.8, 4) is 0 Å². The van der Waals surface area contributed by atoms with Crippen molar-refractivity contribution in [3.63, 3.8) is 0 Å². The second kappa shape index (κ2) is 6.62. The molecule has 1 saturated heterocycles. The van der Waals surface area contributed by atoms with Crippen LogP contribution in [0.2, 0.25) is 0 Å². The van der Waals surface area contributed by atoms with E-state index >= 15 is 0 Å². The first-order valence-electron chi connectivity index (χ1n) is 7.23. The molecule has 0 N–H and O–H groups in total. The Morgan fingerprint density at radius 2 is 1.79 bits per heavy atom. The number of nitrogens with zero attached hydrogens (tertiary/aromatic N) is 1. The molecule has 0 radical (unpaired) electrons. The first-order valence-corrected chi connectivity index (χ1v) is 9.15. The first-order chi connectivity index (χ1) is 9.14. The molecule has 1 nitrogen and oxygen atoms in total. The highest BCUT2D eigenvalue weighted by atomic mass is 79.9. The summed E-state index contributed by atoms with van der Waals surface area (Å²) in [6.07, 6.45) is 5.31. The van der Waals surface area contributed by atoms with E-state index in [2.05, 4.69) is 68.8 Å². The van der Waals surface area contributed by atoms with Crippen LogP contribution in [0.15, 0.2) is 22.7 Å². The number of benzene rings is 1. The predicted molar refractivity (Wildman–Crippen MR) is 91.2 cm³/mol. The Bertz CT molecular complexity index is 417. The molecule has 0 bridgehead atoms. The molecule has 1 aliphatic heterocycles. The Labute approximate surface area is 134 Å². The molecule has 1 aromatic rings. The van der Waals surface area contributed by atoms with Gasteiger partial charge in [-0.2, -0.15) is 0 Å². The molecule has 0 aliphatic carbocycles. The number of hydrogen-bond donors (Lipinski definition) is 0. The maximum atomic E-state index is 3.67. The summed E-state index contributed by atoms with van der Waals surface area (Å²) in [5.74, 6) is 0. The molecule has 106 valence electrons. The van der Waals surface area contributed by atoms with Crippen molar-refractivity contribution < 1.29 is 0 Å². The van der Waals surface area contributed by atoms with Crippen molar-refractivity contribution >= 4 is 37.5 Å². The summed E-state index contributed by atoms with van der Waals surface area (Å²) < 4.78 is 1.21. The SMILES string of the molecule is CCC1(CC)CCN(c2ccc(CBr)c(Br)c2)CC1. The summed E-state index contributed by atoms with van der Waals surface area (Å²) in [5, 5.41) is 0.905. The summed E-state index contributed by atoms with van der Waals surface area (Å²) in [6, 6.07) is 6.74. The molecule has 2 rings (SSSR count). The normalized spacial score (nSPS) is 18.6. The summed E-state index contributed by atoms with van der Waals surface area (Å²) in [7, 11) is 0. The van der Waals surface area contributed by atoms with Crippen molar-refractivity contribution in [2.24, 2.45) is 5.41 Å². The standard InChI is InChI=1S/C16H23Br2N/c1-3-16(4-2)7-9-19(10-8-16)14-6-5-13(12-17)15(18)11-14/h5-6,11H,3-4,7-10,12H2,1-2H3. The Kier molecular flexibility index (Phi) is 5.36. The summed E-state index contributed by atoms with van der Waals surface area (Å²) in [6.45, 7) is 7.09. The molecule has 3 heteroatoms. The Balaban J connectivity index is 2.07. The zero-order valence-corrected chi connectivity index (χ0v) is 15.1. The highest BCUT2D eigenvalue weighted by Gasteiger charge is 2.31. The molecule has 0 aromatic heterocycles. The van der Waals surface area contributed by atoms with E-state index in [-0.39, 0.29) is 0 Å². The van der Waals surface area contributed by atoms with Crippen LogP contribution >= 0.6 is 31.9 Å². The van der Waals surface area contributed by atoms with Gasteiger partial charge in [0.1, 0.15) is 0 Å². The van der Waals surface area contributed by atoms with E-state index in [9.17, 15) is 0 Å². The predicted octanol–water partition coefficient (Wildman–Crippen LogP) is 5.75. The molecular formula is C16H23Br2N. The number of halogens is 2. The summed E-state index contributed by atoms with van der Waals surface area (Å²) >= 11 is 7.19. The van der Waals surface area contributed by atoms with Crippen LogP contribution in [-0.4, -0.2) is 13.1 Å². The van der Waals surface area contributed by atoms with E-state index in [1.54, 1.807) is 0 Å². The van der Waals surface area contributed by atoms with Crippen molar-refractivity contribution in [2.45, 2.75) is 44.9 Å². The van der Waals surface area contributed by atoms with Gasteiger partial charge >= 0.3 is 0 Å². The van der Waals surface area contributed by atoms with Gasteiger partial charge in [0.25, 0.3) is 0 Å². The fourth-order valence-corrected chi connectivity index (χ4v) is 4.41. The highest BCUT2D eigenvalue weighted by Crippen LogP contribution is 2.39. The topological polar surface area (TPSA) is 3.24 Å². The minimum Gasteiger partial charge on any atom is -0.371 e. The summed E-state index contributed by atoms with van der Waals surface area (Å²) in [5.41, 5.74) is 3.28. The molecule has 0 amide bonds. The average Bonchev–Trinajstić information content (AvgIpc) is 2.47. The van der Waals surface area contributed by atoms with Gasteiger partial charge < -0.3 is 4.90 Å². The second-order valence-electron chi connectivity index (χ2n) is 5.60. The van der Waals surface area contributed by atoms with Crippen molar-refractivity contribution in [1.29, 1.82) is 0 Å². The van der Waals surface area contributed by atoms with Crippen molar-refractivity contribution in [1.82, 2.24) is 0 Å². The van der Waals surface area contributed by atoms with Crippen LogP contribution in [0.5, 0.6) is 0 Å². The third-order valence-electron chi connectivity index (χ3n) is 4.87. The van der Waals surface area contributed by atoms with Gasteiger partial charge in [-0.15, -0.1) is 0 Å². The van der Waals surface area contributed by atoms with Crippen LogP contribution < -0.4 is 4.90 Å². The van der Waals surface area contributed by atoms with Gasteiger partial charge in [0, 0.05) is 28.6 Å². The lowest BCUT2D eigenvalue weighted by Gasteiger charge is -2.42. The number of hydrogen-bond acceptors (Lipinski definition) is 1. The molecular weight excluding hydrogens is 366 g/mol. The van der Waals surface area contributed by atoms with Crippen molar-refractivity contribution in [2.75, 3.05) is 18.0 Å². The third-order valence-corrected chi connectivity index (χ3v) is 6.21. The fraction of sp³-hybridized carbons (Fsp3) is 0.625. The van der Waals surface area contributed by atoms with Gasteiger partial charge in [-0.25, -0.2) is 0 Å². The molecule has 0 spiro atoms. The minimum absolute atomic E-state index is 0.601. The van der Waals surface area contributed by atoms with Crippen LogP contribution in [0.3, 0.4) is 0 Å². The van der Waals surface area contributed by atoms with Gasteiger partial charge in [-0.05, 0) is 36.0 Å². The van der Waals surface area contributed by atoms with E-state index in [1.165, 1.54) is 54.5 Å². The van der Waals surface area contributed by atoms with Crippen LogP contribution in [0.25, 0.3) is 0 Å². The number of alkyl halides is 1. The van der Waals surface area contributed by atoms with Gasteiger partial charge in [0.05, 0.1) is 0 Å². The monoisotopic (exact) mass is 387 g/mol. The largest absolute Gasteiger partial charge is 0.371 e. The lowest BCUT2D eigenvalue weighted by Crippen LogP contribution is -2.39. The number of rotatable bonds is 4. The molecule has 1 aliphatic rings. The number of piperidine rings is 1. The highest BCUT2D eigenvalue weighted by molar-refractivity contribution is 9.10. The van der Waals surface area contributed by atoms with E-state index in [0.717, 1.165) is 5.33 Å². The quantitative estimate of drug-likeness (QED) is 0.593. The molecule has 1 heterocycles. The molecule has 19 heavy (non-hydrogen) atoms. The van der Waals surface area contributed by atoms with Gasteiger partial charge in [0.15, 0.2) is 0 Å². The Morgan fingerprint density at radius 1 is 1.16 bits per heavy atom. The third kappa shape index (κ3) is 3.36.